The van der Waals surface area contributed by atoms with E-state index in [2.05, 4.69) is 10.5 Å². The number of carbonyl (C=O) groups excluding carboxylic acids is 1. The van der Waals surface area contributed by atoms with E-state index in [0.29, 0.717) is 24.4 Å². The lowest BCUT2D eigenvalue weighted by Crippen LogP contribution is -2.31. The van der Waals surface area contributed by atoms with Gasteiger partial charge in [-0.3, -0.25) is 9.59 Å². The van der Waals surface area contributed by atoms with E-state index < -0.39 is 0 Å². The van der Waals surface area contributed by atoms with Gasteiger partial charge in [0.2, 0.25) is 0 Å². The minimum atomic E-state index is -0.315. The molecule has 3 aromatic heterocycles. The summed E-state index contributed by atoms with van der Waals surface area (Å²) in [5.74, 6) is 0.264. The summed E-state index contributed by atoms with van der Waals surface area (Å²) in [4.78, 5) is 24.2. The Morgan fingerprint density at radius 3 is 2.86 bits per heavy atom. The number of rotatable bonds is 4. The second kappa shape index (κ2) is 5.51. The fourth-order valence-electron chi connectivity index (χ4n) is 2.36. The van der Waals surface area contributed by atoms with Crippen molar-refractivity contribution in [2.45, 2.75) is 13.5 Å². The highest BCUT2D eigenvalue weighted by Crippen LogP contribution is 2.09. The Kier molecular flexibility index (Phi) is 3.54. The maximum absolute atomic E-state index is 12.4. The third kappa shape index (κ3) is 2.52. The Hall–Kier alpha value is -2.83. The molecule has 3 aromatic rings. The van der Waals surface area contributed by atoms with Crippen LogP contribution in [0.25, 0.3) is 10.9 Å². The van der Waals surface area contributed by atoms with Gasteiger partial charge in [-0.25, -0.2) is 0 Å². The molecule has 0 aromatic carbocycles. The summed E-state index contributed by atoms with van der Waals surface area (Å²) < 4.78 is 8.23. The van der Waals surface area contributed by atoms with Gasteiger partial charge in [0.05, 0.1) is 0 Å². The molecule has 0 unspecified atom stereocenters. The number of aryl methyl sites for hydroxylation is 2. The van der Waals surface area contributed by atoms with Gasteiger partial charge >= 0.3 is 0 Å². The molecule has 0 saturated heterocycles. The molecule has 7 heteroatoms. The SMILES string of the molecule is Cc1cc(C(=O)NCCn2ccc3ccn(C)c3c2=O)no1. The monoisotopic (exact) mass is 300 g/mol. The predicted molar refractivity (Wildman–Crippen MR) is 80.8 cm³/mol. The van der Waals surface area contributed by atoms with Crippen LogP contribution in [0.15, 0.2) is 39.9 Å². The summed E-state index contributed by atoms with van der Waals surface area (Å²) in [6, 6.07) is 5.35. The minimum Gasteiger partial charge on any atom is -0.361 e. The van der Waals surface area contributed by atoms with E-state index in [9.17, 15) is 9.59 Å². The van der Waals surface area contributed by atoms with Crippen molar-refractivity contribution in [1.82, 2.24) is 19.6 Å². The van der Waals surface area contributed by atoms with Crippen molar-refractivity contribution in [1.29, 1.82) is 0 Å². The van der Waals surface area contributed by atoms with Crippen LogP contribution in [0.5, 0.6) is 0 Å². The van der Waals surface area contributed by atoms with E-state index in [4.69, 9.17) is 4.52 Å². The fourth-order valence-corrected chi connectivity index (χ4v) is 2.36. The lowest BCUT2D eigenvalue weighted by molar-refractivity contribution is 0.0943. The number of hydrogen-bond donors (Lipinski definition) is 1. The van der Waals surface area contributed by atoms with Crippen LogP contribution in [0.4, 0.5) is 0 Å². The van der Waals surface area contributed by atoms with Gasteiger partial charge in [-0.15, -0.1) is 0 Å². The van der Waals surface area contributed by atoms with Crippen molar-refractivity contribution in [3.63, 3.8) is 0 Å². The second-order valence-corrected chi connectivity index (χ2v) is 5.12. The second-order valence-electron chi connectivity index (χ2n) is 5.12. The first-order valence-electron chi connectivity index (χ1n) is 6.92. The molecule has 0 fully saturated rings. The molecule has 0 spiro atoms. The molecule has 0 saturated carbocycles. The molecular weight excluding hydrogens is 284 g/mol. The standard InChI is InChI=1S/C15H16N4O3/c1-10-9-12(17-22-10)14(20)16-5-8-19-7-4-11-3-6-18(2)13(11)15(19)21/h3-4,6-7,9H,5,8H2,1-2H3,(H,16,20). The molecule has 1 amide bonds. The molecule has 0 aliphatic carbocycles. The minimum absolute atomic E-state index is 0.0727. The van der Waals surface area contributed by atoms with Crippen LogP contribution in [0.3, 0.4) is 0 Å². The Labute approximate surface area is 126 Å². The Bertz CT molecular complexity index is 888. The van der Waals surface area contributed by atoms with Gasteiger partial charge in [0.1, 0.15) is 11.3 Å². The Morgan fingerprint density at radius 1 is 1.36 bits per heavy atom. The lowest BCUT2D eigenvalue weighted by atomic mass is 10.3. The lowest BCUT2D eigenvalue weighted by Gasteiger charge is -2.07. The van der Waals surface area contributed by atoms with E-state index in [1.54, 1.807) is 28.3 Å². The highest BCUT2D eigenvalue weighted by molar-refractivity contribution is 5.92. The number of nitrogens with one attached hydrogen (secondary N) is 1. The average molecular weight is 300 g/mol. The third-order valence-corrected chi connectivity index (χ3v) is 3.50. The van der Waals surface area contributed by atoms with E-state index in [-0.39, 0.29) is 17.2 Å². The summed E-state index contributed by atoms with van der Waals surface area (Å²) >= 11 is 0. The number of nitrogens with zero attached hydrogens (tertiary/aromatic N) is 3. The normalized spacial score (nSPS) is 11.0. The maximum atomic E-state index is 12.4. The van der Waals surface area contributed by atoms with Crippen molar-refractivity contribution >= 4 is 16.8 Å². The zero-order chi connectivity index (χ0) is 15.7. The molecule has 7 nitrogen and oxygen atoms in total. The summed E-state index contributed by atoms with van der Waals surface area (Å²) in [6.45, 7) is 2.45. The fraction of sp³-hybridized carbons (Fsp3) is 0.267. The molecular formula is C15H16N4O3. The van der Waals surface area contributed by atoms with Crippen LogP contribution in [-0.2, 0) is 13.6 Å². The highest BCUT2D eigenvalue weighted by Gasteiger charge is 2.10. The van der Waals surface area contributed by atoms with E-state index >= 15 is 0 Å². The average Bonchev–Trinajstić information content (AvgIpc) is 3.08. The van der Waals surface area contributed by atoms with E-state index in [1.807, 2.05) is 25.4 Å². The topological polar surface area (TPSA) is 82.1 Å². The van der Waals surface area contributed by atoms with Gasteiger partial charge in [-0.05, 0) is 19.1 Å². The summed E-state index contributed by atoms with van der Waals surface area (Å²) in [7, 11) is 1.84. The van der Waals surface area contributed by atoms with Gasteiger partial charge in [0.25, 0.3) is 11.5 Å². The van der Waals surface area contributed by atoms with Gasteiger partial charge in [0.15, 0.2) is 5.69 Å². The number of amides is 1. The number of carbonyl (C=O) groups is 1. The molecule has 0 atom stereocenters. The van der Waals surface area contributed by atoms with Crippen LogP contribution in [-0.4, -0.2) is 26.7 Å². The number of hydrogen-bond acceptors (Lipinski definition) is 4. The summed E-state index contributed by atoms with van der Waals surface area (Å²) in [5, 5.41) is 7.27. The van der Waals surface area contributed by atoms with E-state index in [1.165, 1.54) is 0 Å². The number of pyridine rings is 1. The van der Waals surface area contributed by atoms with Crippen molar-refractivity contribution < 1.29 is 9.32 Å². The van der Waals surface area contributed by atoms with Crippen molar-refractivity contribution in [3.05, 3.63) is 52.4 Å². The van der Waals surface area contributed by atoms with Crippen LogP contribution >= 0.6 is 0 Å². The number of aromatic nitrogens is 3. The van der Waals surface area contributed by atoms with Crippen LogP contribution in [0, 0.1) is 6.92 Å². The van der Waals surface area contributed by atoms with Crippen LogP contribution < -0.4 is 10.9 Å². The smallest absolute Gasteiger partial charge is 0.275 e. The summed E-state index contributed by atoms with van der Waals surface area (Å²) in [6.07, 6.45) is 3.59. The third-order valence-electron chi connectivity index (χ3n) is 3.50. The molecule has 0 aliphatic heterocycles. The molecule has 22 heavy (non-hydrogen) atoms. The number of fused-ring (bicyclic) bond motifs is 1. The van der Waals surface area contributed by atoms with Crippen molar-refractivity contribution in [2.75, 3.05) is 6.54 Å². The maximum Gasteiger partial charge on any atom is 0.275 e. The van der Waals surface area contributed by atoms with Gasteiger partial charge in [-0.1, -0.05) is 5.16 Å². The molecule has 114 valence electrons. The first-order valence-corrected chi connectivity index (χ1v) is 6.92. The quantitative estimate of drug-likeness (QED) is 0.781. The molecule has 1 N–H and O–H groups in total. The van der Waals surface area contributed by atoms with Crippen molar-refractivity contribution in [3.8, 4) is 0 Å². The Balaban J connectivity index is 1.69. The molecule has 0 bridgehead atoms. The van der Waals surface area contributed by atoms with Gasteiger partial charge < -0.3 is 19.0 Å². The predicted octanol–water partition coefficient (Wildman–Crippen LogP) is 1.07. The largest absolute Gasteiger partial charge is 0.361 e. The molecule has 0 radical (unpaired) electrons. The molecule has 0 aliphatic rings. The van der Waals surface area contributed by atoms with Crippen molar-refractivity contribution in [2.24, 2.45) is 7.05 Å². The van der Waals surface area contributed by atoms with Crippen LogP contribution in [0.1, 0.15) is 16.2 Å². The first-order chi connectivity index (χ1) is 10.6. The molecule has 3 heterocycles. The Morgan fingerprint density at radius 2 is 2.14 bits per heavy atom. The summed E-state index contributed by atoms with van der Waals surface area (Å²) in [5.41, 5.74) is 0.820. The van der Waals surface area contributed by atoms with Gasteiger partial charge in [0, 0.05) is 44.0 Å². The van der Waals surface area contributed by atoms with Crippen LogP contribution in [0.2, 0.25) is 0 Å². The zero-order valence-corrected chi connectivity index (χ0v) is 12.4. The first kappa shape index (κ1) is 14.1. The van der Waals surface area contributed by atoms with E-state index in [0.717, 1.165) is 5.39 Å². The zero-order valence-electron chi connectivity index (χ0n) is 12.4. The van der Waals surface area contributed by atoms with Gasteiger partial charge in [-0.2, -0.15) is 0 Å². The molecule has 3 rings (SSSR count). The highest BCUT2D eigenvalue weighted by atomic mass is 16.5.